The minimum Gasteiger partial charge on any atom is -0.495 e. The molecule has 0 amide bonds. The van der Waals surface area contributed by atoms with Crippen LogP contribution in [0.4, 0.5) is 0 Å². The van der Waals surface area contributed by atoms with Crippen molar-refractivity contribution in [3.8, 4) is 5.75 Å². The molecule has 0 aliphatic carbocycles. The minimum absolute atomic E-state index is 0.146. The number of hydrogen-bond acceptors (Lipinski definition) is 3. The lowest BCUT2D eigenvalue weighted by molar-refractivity contribution is -0.0650. The fraction of sp³-hybridized carbons (Fsp3) is 0.571. The molecule has 1 aromatic rings. The smallest absolute Gasteiger partial charge is 0.137 e. The van der Waals surface area contributed by atoms with Crippen LogP contribution in [0.15, 0.2) is 18.2 Å². The predicted octanol–water partition coefficient (Wildman–Crippen LogP) is 2.62. The third-order valence-corrected chi connectivity index (χ3v) is 3.90. The summed E-state index contributed by atoms with van der Waals surface area (Å²) in [6, 6.07) is 6.06. The second-order valence-electron chi connectivity index (χ2n) is 4.83. The molecular formula is C14H20ClNO2. The quantitative estimate of drug-likeness (QED) is 0.806. The van der Waals surface area contributed by atoms with E-state index in [2.05, 4.69) is 11.4 Å². The van der Waals surface area contributed by atoms with E-state index in [9.17, 15) is 0 Å². The standard InChI is InChI=1S/C14H20ClNO2/c1-16-7-3-6-14(9-18-10-14)11-4-5-13(17-2)12(15)8-11/h4-5,8,16H,3,6-7,9-10H2,1-2H3. The van der Waals surface area contributed by atoms with E-state index in [-0.39, 0.29) is 5.41 Å². The zero-order chi connectivity index (χ0) is 13.0. The van der Waals surface area contributed by atoms with E-state index in [0.717, 1.165) is 38.3 Å². The molecule has 1 aliphatic heterocycles. The lowest BCUT2D eigenvalue weighted by Gasteiger charge is -2.42. The van der Waals surface area contributed by atoms with Crippen molar-refractivity contribution in [1.82, 2.24) is 5.32 Å². The Morgan fingerprint density at radius 2 is 2.22 bits per heavy atom. The fourth-order valence-electron chi connectivity index (χ4n) is 2.40. The van der Waals surface area contributed by atoms with Crippen molar-refractivity contribution >= 4 is 11.6 Å². The van der Waals surface area contributed by atoms with Crippen molar-refractivity contribution in [2.24, 2.45) is 0 Å². The van der Waals surface area contributed by atoms with Crippen molar-refractivity contribution in [2.75, 3.05) is 33.9 Å². The van der Waals surface area contributed by atoms with E-state index in [1.807, 2.05) is 19.2 Å². The van der Waals surface area contributed by atoms with E-state index in [4.69, 9.17) is 21.1 Å². The second-order valence-corrected chi connectivity index (χ2v) is 5.24. The van der Waals surface area contributed by atoms with Crippen LogP contribution in [0.2, 0.25) is 5.02 Å². The van der Waals surface area contributed by atoms with Gasteiger partial charge in [-0.25, -0.2) is 0 Å². The molecule has 1 fully saturated rings. The first-order valence-corrected chi connectivity index (χ1v) is 6.66. The van der Waals surface area contributed by atoms with Gasteiger partial charge in [-0.15, -0.1) is 0 Å². The van der Waals surface area contributed by atoms with Crippen molar-refractivity contribution < 1.29 is 9.47 Å². The van der Waals surface area contributed by atoms with Gasteiger partial charge in [0.25, 0.3) is 0 Å². The monoisotopic (exact) mass is 269 g/mol. The first-order chi connectivity index (χ1) is 8.72. The van der Waals surface area contributed by atoms with E-state index >= 15 is 0 Å². The van der Waals surface area contributed by atoms with E-state index in [1.165, 1.54) is 5.56 Å². The zero-order valence-electron chi connectivity index (χ0n) is 11.0. The van der Waals surface area contributed by atoms with Crippen LogP contribution in [0.3, 0.4) is 0 Å². The van der Waals surface area contributed by atoms with Crippen LogP contribution >= 0.6 is 11.6 Å². The van der Waals surface area contributed by atoms with Crippen molar-refractivity contribution in [3.05, 3.63) is 28.8 Å². The molecule has 18 heavy (non-hydrogen) atoms. The summed E-state index contributed by atoms with van der Waals surface area (Å²) in [6.45, 7) is 2.62. The molecule has 100 valence electrons. The number of halogens is 1. The molecule has 1 saturated heterocycles. The van der Waals surface area contributed by atoms with Gasteiger partial charge in [-0.1, -0.05) is 17.7 Å². The van der Waals surface area contributed by atoms with Crippen LogP contribution in [0.1, 0.15) is 18.4 Å². The molecule has 0 aromatic heterocycles. The first kappa shape index (κ1) is 13.7. The Morgan fingerprint density at radius 3 is 2.72 bits per heavy atom. The summed E-state index contributed by atoms with van der Waals surface area (Å²) in [7, 11) is 3.62. The van der Waals surface area contributed by atoms with Crippen LogP contribution in [-0.4, -0.2) is 33.9 Å². The fourth-order valence-corrected chi connectivity index (χ4v) is 2.66. The van der Waals surface area contributed by atoms with Crippen LogP contribution in [0.25, 0.3) is 0 Å². The average Bonchev–Trinajstić information content (AvgIpc) is 2.32. The molecular weight excluding hydrogens is 250 g/mol. The Morgan fingerprint density at radius 1 is 1.44 bits per heavy atom. The Kier molecular flexibility index (Phi) is 4.49. The normalized spacial score (nSPS) is 17.3. The largest absolute Gasteiger partial charge is 0.495 e. The number of hydrogen-bond donors (Lipinski definition) is 1. The van der Waals surface area contributed by atoms with Crippen molar-refractivity contribution in [2.45, 2.75) is 18.3 Å². The molecule has 1 heterocycles. The molecule has 1 N–H and O–H groups in total. The Bertz CT molecular complexity index is 405. The Hall–Kier alpha value is -0.770. The summed E-state index contributed by atoms with van der Waals surface area (Å²) in [5, 5.41) is 3.86. The van der Waals surface area contributed by atoms with Crippen molar-refractivity contribution in [3.63, 3.8) is 0 Å². The summed E-state index contributed by atoms with van der Waals surface area (Å²) in [5.41, 5.74) is 1.41. The maximum absolute atomic E-state index is 6.20. The van der Waals surface area contributed by atoms with Gasteiger partial charge < -0.3 is 14.8 Å². The van der Waals surface area contributed by atoms with Gasteiger partial charge in [0, 0.05) is 5.41 Å². The van der Waals surface area contributed by atoms with Gasteiger partial charge >= 0.3 is 0 Å². The summed E-state index contributed by atoms with van der Waals surface area (Å²) in [4.78, 5) is 0. The molecule has 1 aromatic carbocycles. The maximum Gasteiger partial charge on any atom is 0.137 e. The van der Waals surface area contributed by atoms with Gasteiger partial charge in [-0.3, -0.25) is 0 Å². The van der Waals surface area contributed by atoms with E-state index in [0.29, 0.717) is 5.02 Å². The van der Waals surface area contributed by atoms with E-state index in [1.54, 1.807) is 7.11 Å². The van der Waals surface area contributed by atoms with Gasteiger partial charge in [0.2, 0.25) is 0 Å². The highest BCUT2D eigenvalue weighted by Crippen LogP contribution is 2.39. The highest BCUT2D eigenvalue weighted by Gasteiger charge is 2.39. The van der Waals surface area contributed by atoms with E-state index < -0.39 is 0 Å². The molecule has 3 nitrogen and oxygen atoms in total. The average molecular weight is 270 g/mol. The van der Waals surface area contributed by atoms with Crippen LogP contribution in [0, 0.1) is 0 Å². The zero-order valence-corrected chi connectivity index (χ0v) is 11.7. The van der Waals surface area contributed by atoms with Crippen LogP contribution < -0.4 is 10.1 Å². The summed E-state index contributed by atoms with van der Waals surface area (Å²) in [6.07, 6.45) is 2.26. The highest BCUT2D eigenvalue weighted by molar-refractivity contribution is 6.32. The molecule has 1 aliphatic rings. The van der Waals surface area contributed by atoms with Gasteiger partial charge in [0.05, 0.1) is 25.3 Å². The Labute approximate surface area is 113 Å². The molecule has 0 spiro atoms. The molecule has 0 atom stereocenters. The number of rotatable bonds is 6. The summed E-state index contributed by atoms with van der Waals surface area (Å²) < 4.78 is 10.6. The topological polar surface area (TPSA) is 30.5 Å². The molecule has 0 bridgehead atoms. The highest BCUT2D eigenvalue weighted by atomic mass is 35.5. The lowest BCUT2D eigenvalue weighted by atomic mass is 9.75. The molecule has 2 rings (SSSR count). The van der Waals surface area contributed by atoms with Gasteiger partial charge in [-0.05, 0) is 44.1 Å². The molecule has 0 radical (unpaired) electrons. The molecule has 4 heteroatoms. The third kappa shape index (κ3) is 2.63. The SMILES string of the molecule is CNCCCC1(c2ccc(OC)c(Cl)c2)COC1. The summed E-state index contributed by atoms with van der Waals surface area (Å²) in [5.74, 6) is 0.728. The number of benzene rings is 1. The third-order valence-electron chi connectivity index (χ3n) is 3.60. The Balaban J connectivity index is 2.14. The van der Waals surface area contributed by atoms with Gasteiger partial charge in [0.1, 0.15) is 5.75 Å². The number of ether oxygens (including phenoxy) is 2. The lowest BCUT2D eigenvalue weighted by Crippen LogP contribution is -2.47. The maximum atomic E-state index is 6.20. The van der Waals surface area contributed by atoms with Crippen molar-refractivity contribution in [1.29, 1.82) is 0 Å². The number of nitrogens with one attached hydrogen (secondary N) is 1. The van der Waals surface area contributed by atoms with Gasteiger partial charge in [0.15, 0.2) is 0 Å². The number of methoxy groups -OCH3 is 1. The predicted molar refractivity (Wildman–Crippen MR) is 73.7 cm³/mol. The first-order valence-electron chi connectivity index (χ1n) is 6.28. The molecule has 0 unspecified atom stereocenters. The molecule has 0 saturated carbocycles. The van der Waals surface area contributed by atoms with Gasteiger partial charge in [-0.2, -0.15) is 0 Å². The minimum atomic E-state index is 0.146. The van der Waals surface area contributed by atoms with Crippen LogP contribution in [0.5, 0.6) is 5.75 Å². The van der Waals surface area contributed by atoms with Crippen LogP contribution in [-0.2, 0) is 10.2 Å². The second kappa shape index (κ2) is 5.91. The summed E-state index contributed by atoms with van der Waals surface area (Å²) >= 11 is 6.20.